The van der Waals surface area contributed by atoms with Crippen LogP contribution in [0, 0.1) is 5.82 Å². The van der Waals surface area contributed by atoms with Crippen molar-refractivity contribution in [2.75, 3.05) is 5.32 Å². The molecule has 0 fully saturated rings. The van der Waals surface area contributed by atoms with Gasteiger partial charge in [-0.05, 0) is 24.3 Å². The summed E-state index contributed by atoms with van der Waals surface area (Å²) in [6.45, 7) is 0. The highest BCUT2D eigenvalue weighted by atomic mass is 19.1. The molecule has 0 heterocycles. The lowest BCUT2D eigenvalue weighted by Crippen LogP contribution is -1.92. The number of hydrogen-bond donors (Lipinski definition) is 1. The van der Waals surface area contributed by atoms with Crippen molar-refractivity contribution in [3.8, 4) is 0 Å². The zero-order valence-electron chi connectivity index (χ0n) is 7.57. The fourth-order valence-electron chi connectivity index (χ4n) is 1.24. The molecule has 14 heavy (non-hydrogen) atoms. The van der Waals surface area contributed by atoms with Crippen LogP contribution in [0.25, 0.3) is 0 Å². The second-order valence-electron chi connectivity index (χ2n) is 2.97. The van der Waals surface area contributed by atoms with Gasteiger partial charge >= 0.3 is 0 Å². The molecule has 2 aromatic carbocycles. The van der Waals surface area contributed by atoms with E-state index in [0.29, 0.717) is 5.69 Å². The quantitative estimate of drug-likeness (QED) is 0.757. The van der Waals surface area contributed by atoms with Crippen LogP contribution in [-0.2, 0) is 0 Å². The maximum atomic E-state index is 13.2. The fraction of sp³-hybridized carbons (Fsp3) is 0. The van der Waals surface area contributed by atoms with Crippen LogP contribution in [-0.4, -0.2) is 0 Å². The molecule has 2 heteroatoms. The Balaban J connectivity index is 2.24. The van der Waals surface area contributed by atoms with Crippen molar-refractivity contribution in [3.63, 3.8) is 0 Å². The van der Waals surface area contributed by atoms with Crippen molar-refractivity contribution >= 4 is 11.4 Å². The van der Waals surface area contributed by atoms with Gasteiger partial charge in [-0.1, -0.05) is 30.3 Å². The smallest absolute Gasteiger partial charge is 0.146 e. The maximum Gasteiger partial charge on any atom is 0.146 e. The molecule has 0 saturated carbocycles. The summed E-state index contributed by atoms with van der Waals surface area (Å²) in [5, 5.41) is 3.00. The zero-order valence-corrected chi connectivity index (χ0v) is 7.57. The first-order chi connectivity index (χ1) is 6.86. The van der Waals surface area contributed by atoms with Gasteiger partial charge in [-0.25, -0.2) is 4.39 Å². The molecular formula is C12H10FN. The molecule has 1 nitrogen and oxygen atoms in total. The minimum absolute atomic E-state index is 0.239. The molecule has 0 aliphatic rings. The van der Waals surface area contributed by atoms with Crippen LogP contribution in [0.15, 0.2) is 54.6 Å². The molecule has 70 valence electrons. The summed E-state index contributed by atoms with van der Waals surface area (Å²) in [5.41, 5.74) is 1.39. The third-order valence-corrected chi connectivity index (χ3v) is 1.93. The first kappa shape index (κ1) is 8.75. The van der Waals surface area contributed by atoms with E-state index >= 15 is 0 Å². The van der Waals surface area contributed by atoms with Crippen LogP contribution < -0.4 is 5.32 Å². The molecule has 0 saturated heterocycles. The van der Waals surface area contributed by atoms with E-state index in [0.717, 1.165) is 5.69 Å². The van der Waals surface area contributed by atoms with E-state index in [-0.39, 0.29) is 5.82 Å². The Labute approximate surface area is 82.2 Å². The van der Waals surface area contributed by atoms with Crippen LogP contribution in [0.2, 0.25) is 0 Å². The number of benzene rings is 2. The third kappa shape index (κ3) is 1.91. The lowest BCUT2D eigenvalue weighted by molar-refractivity contribution is 0.632. The molecular weight excluding hydrogens is 177 g/mol. The van der Waals surface area contributed by atoms with Crippen molar-refractivity contribution in [1.29, 1.82) is 0 Å². The fourth-order valence-corrected chi connectivity index (χ4v) is 1.24. The Kier molecular flexibility index (Phi) is 2.45. The molecule has 1 N–H and O–H groups in total. The highest BCUT2D eigenvalue weighted by Gasteiger charge is 1.98. The zero-order chi connectivity index (χ0) is 9.80. The van der Waals surface area contributed by atoms with E-state index in [2.05, 4.69) is 5.32 Å². The van der Waals surface area contributed by atoms with E-state index in [4.69, 9.17) is 0 Å². The summed E-state index contributed by atoms with van der Waals surface area (Å²) < 4.78 is 13.2. The van der Waals surface area contributed by atoms with Crippen molar-refractivity contribution < 1.29 is 4.39 Å². The highest BCUT2D eigenvalue weighted by molar-refractivity contribution is 5.59. The number of para-hydroxylation sites is 2. The summed E-state index contributed by atoms with van der Waals surface area (Å²) in [6.07, 6.45) is 0. The molecule has 0 aromatic heterocycles. The van der Waals surface area contributed by atoms with E-state index in [1.807, 2.05) is 30.3 Å². The predicted molar refractivity (Wildman–Crippen MR) is 56.1 cm³/mol. The van der Waals surface area contributed by atoms with Crippen molar-refractivity contribution in [3.05, 3.63) is 60.4 Å². The van der Waals surface area contributed by atoms with Gasteiger partial charge in [-0.2, -0.15) is 0 Å². The monoisotopic (exact) mass is 187 g/mol. The SMILES string of the molecule is Fc1ccccc1Nc1ccccc1. The van der Waals surface area contributed by atoms with Gasteiger partial charge in [-0.15, -0.1) is 0 Å². The summed E-state index contributed by atoms with van der Waals surface area (Å²) in [5.74, 6) is -0.239. The summed E-state index contributed by atoms with van der Waals surface area (Å²) in [6, 6.07) is 16.1. The molecule has 0 bridgehead atoms. The van der Waals surface area contributed by atoms with Crippen LogP contribution >= 0.6 is 0 Å². The van der Waals surface area contributed by atoms with Crippen LogP contribution in [0.4, 0.5) is 15.8 Å². The molecule has 0 unspecified atom stereocenters. The van der Waals surface area contributed by atoms with Crippen LogP contribution in [0.5, 0.6) is 0 Å². The molecule has 0 radical (unpaired) electrons. The van der Waals surface area contributed by atoms with Gasteiger partial charge in [0.05, 0.1) is 5.69 Å². The van der Waals surface area contributed by atoms with Gasteiger partial charge in [0, 0.05) is 5.69 Å². The van der Waals surface area contributed by atoms with E-state index in [1.165, 1.54) is 6.07 Å². The topological polar surface area (TPSA) is 12.0 Å². The minimum Gasteiger partial charge on any atom is -0.353 e. The molecule has 2 aromatic rings. The number of nitrogens with one attached hydrogen (secondary N) is 1. The number of anilines is 2. The summed E-state index contributed by atoms with van der Waals surface area (Å²) >= 11 is 0. The Morgan fingerprint density at radius 3 is 2.14 bits per heavy atom. The van der Waals surface area contributed by atoms with Gasteiger partial charge in [0.1, 0.15) is 5.82 Å². The normalized spacial score (nSPS) is 9.79. The summed E-state index contributed by atoms with van der Waals surface area (Å²) in [7, 11) is 0. The lowest BCUT2D eigenvalue weighted by atomic mass is 10.2. The van der Waals surface area contributed by atoms with Gasteiger partial charge in [0.2, 0.25) is 0 Å². The van der Waals surface area contributed by atoms with E-state index < -0.39 is 0 Å². The average Bonchev–Trinajstić information content (AvgIpc) is 2.23. The highest BCUT2D eigenvalue weighted by Crippen LogP contribution is 2.18. The molecule has 2 rings (SSSR count). The van der Waals surface area contributed by atoms with Crippen molar-refractivity contribution in [1.82, 2.24) is 0 Å². The molecule has 0 amide bonds. The van der Waals surface area contributed by atoms with Gasteiger partial charge in [-0.3, -0.25) is 0 Å². The Bertz CT molecular complexity index is 412. The number of rotatable bonds is 2. The number of halogens is 1. The van der Waals surface area contributed by atoms with Gasteiger partial charge in [0.25, 0.3) is 0 Å². The van der Waals surface area contributed by atoms with Gasteiger partial charge < -0.3 is 5.32 Å². The standard InChI is InChI=1S/C12H10FN/c13-11-8-4-5-9-12(11)14-10-6-2-1-3-7-10/h1-9,14H. The molecule has 0 aliphatic carbocycles. The Hall–Kier alpha value is -1.83. The Morgan fingerprint density at radius 2 is 1.43 bits per heavy atom. The molecule has 0 spiro atoms. The molecule has 0 aliphatic heterocycles. The second kappa shape index (κ2) is 3.92. The number of hydrogen-bond acceptors (Lipinski definition) is 1. The van der Waals surface area contributed by atoms with E-state index in [1.54, 1.807) is 18.2 Å². The predicted octanol–water partition coefficient (Wildman–Crippen LogP) is 3.57. The van der Waals surface area contributed by atoms with E-state index in [9.17, 15) is 4.39 Å². The third-order valence-electron chi connectivity index (χ3n) is 1.93. The van der Waals surface area contributed by atoms with Gasteiger partial charge in [0.15, 0.2) is 0 Å². The maximum absolute atomic E-state index is 13.2. The first-order valence-corrected chi connectivity index (χ1v) is 4.43. The Morgan fingerprint density at radius 1 is 0.786 bits per heavy atom. The summed E-state index contributed by atoms with van der Waals surface area (Å²) in [4.78, 5) is 0. The largest absolute Gasteiger partial charge is 0.353 e. The van der Waals surface area contributed by atoms with Crippen molar-refractivity contribution in [2.45, 2.75) is 0 Å². The first-order valence-electron chi connectivity index (χ1n) is 4.43. The lowest BCUT2D eigenvalue weighted by Gasteiger charge is -2.06. The molecule has 0 atom stereocenters. The second-order valence-corrected chi connectivity index (χ2v) is 2.97. The van der Waals surface area contributed by atoms with Crippen molar-refractivity contribution in [2.24, 2.45) is 0 Å². The van der Waals surface area contributed by atoms with Crippen LogP contribution in [0.3, 0.4) is 0 Å². The van der Waals surface area contributed by atoms with Crippen LogP contribution in [0.1, 0.15) is 0 Å². The minimum atomic E-state index is -0.239. The average molecular weight is 187 g/mol.